The molecular weight excluding hydrogens is 423 g/mol. The fourth-order valence-corrected chi connectivity index (χ4v) is 4.74. The summed E-state index contributed by atoms with van der Waals surface area (Å²) >= 11 is 0. The Kier molecular flexibility index (Phi) is 6.39. The number of piperidine rings is 1. The van der Waals surface area contributed by atoms with Gasteiger partial charge in [0.1, 0.15) is 18.1 Å². The number of carbonyl (C=O) groups is 2. The van der Waals surface area contributed by atoms with Gasteiger partial charge in [-0.15, -0.1) is 13.2 Å². The zero-order valence-corrected chi connectivity index (χ0v) is 17.4. The zero-order valence-electron chi connectivity index (χ0n) is 17.4. The van der Waals surface area contributed by atoms with Crippen molar-refractivity contribution in [1.82, 2.24) is 4.90 Å². The molecule has 170 valence electrons. The summed E-state index contributed by atoms with van der Waals surface area (Å²) in [6, 6.07) is 14.9. The van der Waals surface area contributed by atoms with E-state index in [4.69, 9.17) is 4.74 Å². The molecule has 0 spiro atoms. The summed E-state index contributed by atoms with van der Waals surface area (Å²) in [5.74, 6) is -0.778. The third-order valence-corrected chi connectivity index (χ3v) is 6.17. The van der Waals surface area contributed by atoms with E-state index < -0.39 is 6.36 Å². The molecule has 32 heavy (non-hydrogen) atoms. The highest BCUT2D eigenvalue weighted by molar-refractivity contribution is 5.84. The van der Waals surface area contributed by atoms with Crippen LogP contribution in [0.5, 0.6) is 5.75 Å². The molecule has 0 N–H and O–H groups in total. The van der Waals surface area contributed by atoms with Crippen molar-refractivity contribution < 1.29 is 32.2 Å². The second-order valence-corrected chi connectivity index (χ2v) is 8.30. The molecule has 0 aliphatic carbocycles. The average molecular weight is 447 g/mol. The number of benzene rings is 2. The minimum Gasteiger partial charge on any atom is -0.445 e. The number of fused-ring (bicyclic) bond motifs is 2. The predicted molar refractivity (Wildman–Crippen MR) is 110 cm³/mol. The van der Waals surface area contributed by atoms with Crippen LogP contribution in [0.3, 0.4) is 0 Å². The maximum atomic E-state index is 12.9. The fraction of sp³-hybridized carbons (Fsp3) is 0.417. The molecule has 2 heterocycles. The van der Waals surface area contributed by atoms with Crippen LogP contribution in [0.2, 0.25) is 0 Å². The van der Waals surface area contributed by atoms with E-state index in [0.29, 0.717) is 12.8 Å². The Morgan fingerprint density at radius 2 is 1.56 bits per heavy atom. The van der Waals surface area contributed by atoms with Gasteiger partial charge in [-0.25, -0.2) is 4.79 Å². The molecule has 2 aromatic rings. The van der Waals surface area contributed by atoms with Crippen molar-refractivity contribution in [1.29, 1.82) is 0 Å². The van der Waals surface area contributed by atoms with Gasteiger partial charge < -0.3 is 14.4 Å². The Labute approximate surface area is 184 Å². The summed E-state index contributed by atoms with van der Waals surface area (Å²) < 4.78 is 47.5. The van der Waals surface area contributed by atoms with E-state index in [1.54, 1.807) is 11.0 Å². The number of amides is 1. The zero-order chi connectivity index (χ0) is 22.7. The predicted octanol–water partition coefficient (Wildman–Crippen LogP) is 5.28. The number of ether oxygens (including phenoxy) is 2. The number of hydrogen-bond donors (Lipinski definition) is 0. The normalized spacial score (nSPS) is 22.5. The minimum absolute atomic E-state index is 0.0901. The number of rotatable bonds is 6. The molecule has 2 fully saturated rings. The monoisotopic (exact) mass is 447 g/mol. The molecule has 0 radical (unpaired) electrons. The quantitative estimate of drug-likeness (QED) is 0.605. The lowest BCUT2D eigenvalue weighted by Gasteiger charge is -2.37. The first-order valence-electron chi connectivity index (χ1n) is 10.7. The Hall–Kier alpha value is -3.03. The number of halogens is 3. The van der Waals surface area contributed by atoms with Crippen LogP contribution in [-0.2, 0) is 22.6 Å². The topological polar surface area (TPSA) is 55.8 Å². The lowest BCUT2D eigenvalue weighted by Crippen LogP contribution is -2.48. The smallest absolute Gasteiger partial charge is 0.445 e. The largest absolute Gasteiger partial charge is 0.573 e. The maximum absolute atomic E-state index is 12.9. The molecule has 0 saturated carbocycles. The number of nitrogens with zero attached hydrogens (tertiary/aromatic N) is 1. The summed E-state index contributed by atoms with van der Waals surface area (Å²) in [4.78, 5) is 27.3. The molecule has 2 aromatic carbocycles. The number of ketones is 1. The van der Waals surface area contributed by atoms with Crippen molar-refractivity contribution in [2.45, 2.75) is 57.2 Å². The van der Waals surface area contributed by atoms with E-state index in [0.717, 1.165) is 18.4 Å². The highest BCUT2D eigenvalue weighted by Gasteiger charge is 2.45. The van der Waals surface area contributed by atoms with Crippen molar-refractivity contribution in [2.75, 3.05) is 0 Å². The summed E-state index contributed by atoms with van der Waals surface area (Å²) in [6.45, 7) is 0.188. The van der Waals surface area contributed by atoms with Gasteiger partial charge in [0.2, 0.25) is 0 Å². The molecule has 2 saturated heterocycles. The molecular formula is C24H24F3NO4. The van der Waals surface area contributed by atoms with Gasteiger partial charge in [0.15, 0.2) is 0 Å². The summed E-state index contributed by atoms with van der Waals surface area (Å²) in [6.07, 6.45) is -2.74. The van der Waals surface area contributed by atoms with Crippen LogP contribution in [0.15, 0.2) is 54.6 Å². The van der Waals surface area contributed by atoms with Gasteiger partial charge in [0, 0.05) is 30.0 Å². The number of Topliss-reactive ketones (excluding diaryl/α,β-unsaturated/α-hetero) is 1. The van der Waals surface area contributed by atoms with E-state index in [2.05, 4.69) is 4.74 Å². The third kappa shape index (κ3) is 5.23. The van der Waals surface area contributed by atoms with Crippen molar-refractivity contribution >= 4 is 11.9 Å². The summed E-state index contributed by atoms with van der Waals surface area (Å²) in [7, 11) is 0. The Morgan fingerprint density at radius 3 is 2.22 bits per heavy atom. The standard InChI is InChI=1S/C24H24F3NO4/c25-24(26,27)32-22-9-5-4-8-17(22)14-21(29)18-12-19-10-11-20(13-18)28(19)23(30)31-15-16-6-2-1-3-7-16/h1-9,18-20H,10-15H2. The highest BCUT2D eigenvalue weighted by Crippen LogP contribution is 2.40. The maximum Gasteiger partial charge on any atom is 0.573 e. The first-order chi connectivity index (χ1) is 15.3. The third-order valence-electron chi connectivity index (χ3n) is 6.17. The molecule has 1 amide bonds. The van der Waals surface area contributed by atoms with Gasteiger partial charge in [-0.2, -0.15) is 0 Å². The van der Waals surface area contributed by atoms with Crippen LogP contribution < -0.4 is 4.74 Å². The first-order valence-corrected chi connectivity index (χ1v) is 10.7. The lowest BCUT2D eigenvalue weighted by atomic mass is 9.85. The molecule has 0 aromatic heterocycles. The van der Waals surface area contributed by atoms with Crippen molar-refractivity contribution in [3.05, 3.63) is 65.7 Å². The van der Waals surface area contributed by atoms with Crippen molar-refractivity contribution in [2.24, 2.45) is 5.92 Å². The number of hydrogen-bond acceptors (Lipinski definition) is 4. The summed E-state index contributed by atoms with van der Waals surface area (Å²) in [5, 5.41) is 0. The van der Waals surface area contributed by atoms with E-state index in [1.165, 1.54) is 18.2 Å². The molecule has 2 aliphatic heterocycles. The second kappa shape index (κ2) is 9.22. The molecule has 2 unspecified atom stereocenters. The van der Waals surface area contributed by atoms with E-state index in [9.17, 15) is 22.8 Å². The van der Waals surface area contributed by atoms with Gasteiger partial charge in [-0.3, -0.25) is 4.79 Å². The molecule has 2 atom stereocenters. The average Bonchev–Trinajstić information content (AvgIpc) is 3.02. The van der Waals surface area contributed by atoms with Gasteiger partial charge >= 0.3 is 12.5 Å². The molecule has 2 aliphatic rings. The first kappa shape index (κ1) is 22.2. The second-order valence-electron chi connectivity index (χ2n) is 8.30. The molecule has 2 bridgehead atoms. The lowest BCUT2D eigenvalue weighted by molar-refractivity contribution is -0.274. The molecule has 4 rings (SSSR count). The van der Waals surface area contributed by atoms with Crippen LogP contribution in [-0.4, -0.2) is 35.2 Å². The number of para-hydroxylation sites is 1. The Balaban J connectivity index is 1.36. The van der Waals surface area contributed by atoms with E-state index in [1.807, 2.05) is 30.3 Å². The Bertz CT molecular complexity index is 949. The van der Waals surface area contributed by atoms with Crippen LogP contribution in [0.1, 0.15) is 36.8 Å². The fourth-order valence-electron chi connectivity index (χ4n) is 4.74. The van der Waals surface area contributed by atoms with Crippen molar-refractivity contribution in [3.63, 3.8) is 0 Å². The number of alkyl halides is 3. The van der Waals surface area contributed by atoms with Gasteiger partial charge in [-0.05, 0) is 37.3 Å². The minimum atomic E-state index is -4.82. The van der Waals surface area contributed by atoms with Crippen LogP contribution in [0, 0.1) is 5.92 Å². The summed E-state index contributed by atoms with van der Waals surface area (Å²) in [5.41, 5.74) is 1.12. The SMILES string of the molecule is O=C(Cc1ccccc1OC(F)(F)F)C1CC2CCC(C1)N2C(=O)OCc1ccccc1. The van der Waals surface area contributed by atoms with Crippen LogP contribution in [0.25, 0.3) is 0 Å². The van der Waals surface area contributed by atoms with E-state index >= 15 is 0 Å². The van der Waals surface area contributed by atoms with Gasteiger partial charge in [0.25, 0.3) is 0 Å². The molecule has 5 nitrogen and oxygen atoms in total. The van der Waals surface area contributed by atoms with Crippen LogP contribution in [0.4, 0.5) is 18.0 Å². The van der Waals surface area contributed by atoms with Gasteiger partial charge in [-0.1, -0.05) is 48.5 Å². The van der Waals surface area contributed by atoms with Gasteiger partial charge in [0.05, 0.1) is 0 Å². The molecule has 8 heteroatoms. The van der Waals surface area contributed by atoms with Crippen molar-refractivity contribution in [3.8, 4) is 5.75 Å². The highest BCUT2D eigenvalue weighted by atomic mass is 19.4. The number of carbonyl (C=O) groups excluding carboxylic acids is 2. The van der Waals surface area contributed by atoms with Crippen LogP contribution >= 0.6 is 0 Å². The Morgan fingerprint density at radius 1 is 0.938 bits per heavy atom. The van der Waals surface area contributed by atoms with E-state index in [-0.39, 0.29) is 54.2 Å².